The van der Waals surface area contributed by atoms with E-state index in [0.29, 0.717) is 0 Å². The third-order valence-corrected chi connectivity index (χ3v) is 5.80. The zero-order valence-electron chi connectivity index (χ0n) is 12.4. The average molecular weight is 291 g/mol. The summed E-state index contributed by atoms with van der Waals surface area (Å²) >= 11 is 2.05. The van der Waals surface area contributed by atoms with Crippen LogP contribution < -0.4 is 5.32 Å². The Morgan fingerprint density at radius 1 is 1.30 bits per heavy atom. The lowest BCUT2D eigenvalue weighted by Crippen LogP contribution is -2.46. The lowest BCUT2D eigenvalue weighted by atomic mass is 9.75. The minimum atomic E-state index is 0.265. The largest absolute Gasteiger partial charge is 0.375 e. The second kappa shape index (κ2) is 6.50. The van der Waals surface area contributed by atoms with Gasteiger partial charge >= 0.3 is 0 Å². The maximum absolute atomic E-state index is 6.01. The van der Waals surface area contributed by atoms with Gasteiger partial charge in [-0.15, -0.1) is 11.8 Å². The maximum Gasteiger partial charge on any atom is 0.0693 e. The van der Waals surface area contributed by atoms with E-state index in [-0.39, 0.29) is 5.60 Å². The fourth-order valence-corrected chi connectivity index (χ4v) is 4.43. The molecular weight excluding hydrogens is 266 g/mol. The van der Waals surface area contributed by atoms with Crippen molar-refractivity contribution >= 4 is 11.8 Å². The molecule has 0 bridgehead atoms. The van der Waals surface area contributed by atoms with Crippen molar-refractivity contribution in [2.24, 2.45) is 0 Å². The number of ether oxygens (including phenoxy) is 1. The van der Waals surface area contributed by atoms with Crippen LogP contribution in [0.3, 0.4) is 0 Å². The van der Waals surface area contributed by atoms with Crippen LogP contribution in [0.15, 0.2) is 29.2 Å². The molecule has 0 aromatic heterocycles. The molecule has 0 radical (unpaired) electrons. The van der Waals surface area contributed by atoms with E-state index in [0.717, 1.165) is 24.9 Å². The normalized spacial score (nSPS) is 24.6. The van der Waals surface area contributed by atoms with Crippen molar-refractivity contribution in [3.05, 3.63) is 29.8 Å². The summed E-state index contributed by atoms with van der Waals surface area (Å²) in [6, 6.07) is 9.06. The molecule has 0 amide bonds. The highest BCUT2D eigenvalue weighted by molar-refractivity contribution is 8.00. The molecule has 1 aliphatic carbocycles. The van der Waals surface area contributed by atoms with Crippen LogP contribution in [0.1, 0.15) is 44.6 Å². The first kappa shape index (κ1) is 14.4. The van der Waals surface area contributed by atoms with Crippen LogP contribution in [0, 0.1) is 0 Å². The molecule has 110 valence electrons. The van der Waals surface area contributed by atoms with Crippen molar-refractivity contribution < 1.29 is 4.74 Å². The monoisotopic (exact) mass is 291 g/mol. The molecule has 1 unspecified atom stereocenters. The number of hydrogen-bond donors (Lipinski definition) is 1. The fraction of sp³-hybridized carbons (Fsp3) is 0.647. The molecule has 1 heterocycles. The van der Waals surface area contributed by atoms with Crippen molar-refractivity contribution in [3.8, 4) is 0 Å². The quantitative estimate of drug-likeness (QED) is 0.886. The summed E-state index contributed by atoms with van der Waals surface area (Å²) in [4.78, 5) is 1.41. The van der Waals surface area contributed by atoms with Gasteiger partial charge < -0.3 is 10.1 Å². The molecule has 3 rings (SSSR count). The molecule has 2 nitrogen and oxygen atoms in total. The summed E-state index contributed by atoms with van der Waals surface area (Å²) in [5.41, 5.74) is 1.64. The third-order valence-electron chi connectivity index (χ3n) is 4.52. The van der Waals surface area contributed by atoms with Crippen LogP contribution >= 0.6 is 11.8 Å². The fourth-order valence-electron chi connectivity index (χ4n) is 3.15. The predicted octanol–water partition coefficient (Wildman–Crippen LogP) is 3.99. The summed E-state index contributed by atoms with van der Waals surface area (Å²) in [6.07, 6.45) is 6.37. The molecule has 1 aliphatic heterocycles. The number of benzene rings is 1. The van der Waals surface area contributed by atoms with E-state index in [1.165, 1.54) is 42.6 Å². The Morgan fingerprint density at radius 2 is 2.10 bits per heavy atom. The van der Waals surface area contributed by atoms with Crippen molar-refractivity contribution in [1.82, 2.24) is 5.32 Å². The standard InChI is InChI=1S/C17H25NOS/c1-2-18-13-14-4-6-15(7-5-14)20-16-8-11-19-17(12-16)9-3-10-17/h4-7,16,18H,2-3,8-13H2,1H3. The molecule has 1 atom stereocenters. The second-order valence-corrected chi connectivity index (χ2v) is 7.42. The zero-order chi connectivity index (χ0) is 13.8. The van der Waals surface area contributed by atoms with Crippen LogP contribution in [-0.2, 0) is 11.3 Å². The molecule has 2 aliphatic rings. The van der Waals surface area contributed by atoms with Gasteiger partial charge in [-0.1, -0.05) is 19.1 Å². The molecule has 20 heavy (non-hydrogen) atoms. The molecular formula is C17H25NOS. The Bertz CT molecular complexity index is 427. The highest BCUT2D eigenvalue weighted by atomic mass is 32.2. The summed E-state index contributed by atoms with van der Waals surface area (Å²) in [5, 5.41) is 4.11. The third kappa shape index (κ3) is 3.38. The van der Waals surface area contributed by atoms with Crippen LogP contribution in [0.25, 0.3) is 0 Å². The Hall–Kier alpha value is -0.510. The topological polar surface area (TPSA) is 21.3 Å². The summed E-state index contributed by atoms with van der Waals surface area (Å²) < 4.78 is 6.01. The van der Waals surface area contributed by atoms with Gasteiger partial charge in [-0.2, -0.15) is 0 Å². The van der Waals surface area contributed by atoms with Gasteiger partial charge in [-0.05, 0) is 56.3 Å². The van der Waals surface area contributed by atoms with Crippen molar-refractivity contribution in [2.75, 3.05) is 13.2 Å². The highest BCUT2D eigenvalue weighted by Crippen LogP contribution is 2.46. The zero-order valence-corrected chi connectivity index (χ0v) is 13.2. The average Bonchev–Trinajstić information content (AvgIpc) is 2.45. The lowest BCUT2D eigenvalue weighted by molar-refractivity contribution is -0.125. The van der Waals surface area contributed by atoms with Gasteiger partial charge in [-0.25, -0.2) is 0 Å². The smallest absolute Gasteiger partial charge is 0.0693 e. The molecule has 1 spiro atoms. The number of nitrogens with one attached hydrogen (secondary N) is 1. The molecule has 1 saturated heterocycles. The first-order valence-corrected chi connectivity index (χ1v) is 8.78. The lowest BCUT2D eigenvalue weighted by Gasteiger charge is -2.47. The molecule has 1 saturated carbocycles. The molecule has 1 N–H and O–H groups in total. The van der Waals surface area contributed by atoms with Crippen LogP contribution in [-0.4, -0.2) is 24.0 Å². The van der Waals surface area contributed by atoms with Gasteiger partial charge in [0.25, 0.3) is 0 Å². The van der Waals surface area contributed by atoms with Gasteiger partial charge in [0.1, 0.15) is 0 Å². The molecule has 1 aromatic carbocycles. The maximum atomic E-state index is 6.01. The van der Waals surface area contributed by atoms with E-state index >= 15 is 0 Å². The van der Waals surface area contributed by atoms with Crippen LogP contribution in [0.4, 0.5) is 0 Å². The second-order valence-electron chi connectivity index (χ2n) is 6.04. The van der Waals surface area contributed by atoms with Crippen molar-refractivity contribution in [1.29, 1.82) is 0 Å². The van der Waals surface area contributed by atoms with E-state index in [1.807, 2.05) is 11.8 Å². The van der Waals surface area contributed by atoms with E-state index in [9.17, 15) is 0 Å². The highest BCUT2D eigenvalue weighted by Gasteiger charge is 2.42. The SMILES string of the molecule is CCNCc1ccc(SC2CCOC3(CCC3)C2)cc1. The van der Waals surface area contributed by atoms with Crippen LogP contribution in [0.2, 0.25) is 0 Å². The Morgan fingerprint density at radius 3 is 2.75 bits per heavy atom. The van der Waals surface area contributed by atoms with Crippen molar-refractivity contribution in [2.45, 2.75) is 61.3 Å². The van der Waals surface area contributed by atoms with E-state index < -0.39 is 0 Å². The number of thioether (sulfide) groups is 1. The molecule has 3 heteroatoms. The Kier molecular flexibility index (Phi) is 4.69. The van der Waals surface area contributed by atoms with Crippen molar-refractivity contribution in [3.63, 3.8) is 0 Å². The predicted molar refractivity (Wildman–Crippen MR) is 85.2 cm³/mol. The first-order chi connectivity index (χ1) is 9.80. The van der Waals surface area contributed by atoms with Crippen LogP contribution in [0.5, 0.6) is 0 Å². The Balaban J connectivity index is 1.54. The first-order valence-electron chi connectivity index (χ1n) is 7.90. The van der Waals surface area contributed by atoms with Gasteiger partial charge in [0.15, 0.2) is 0 Å². The van der Waals surface area contributed by atoms with Gasteiger partial charge in [0.05, 0.1) is 5.60 Å². The number of hydrogen-bond acceptors (Lipinski definition) is 3. The summed E-state index contributed by atoms with van der Waals surface area (Å²) in [7, 11) is 0. The molecule has 1 aromatic rings. The minimum Gasteiger partial charge on any atom is -0.375 e. The number of rotatable bonds is 5. The summed E-state index contributed by atoms with van der Waals surface area (Å²) in [5.74, 6) is 0. The Labute approximate surface area is 126 Å². The van der Waals surface area contributed by atoms with Gasteiger partial charge in [-0.3, -0.25) is 0 Å². The van der Waals surface area contributed by atoms with E-state index in [2.05, 4.69) is 36.5 Å². The van der Waals surface area contributed by atoms with E-state index in [4.69, 9.17) is 4.74 Å². The molecule has 2 fully saturated rings. The van der Waals surface area contributed by atoms with Gasteiger partial charge in [0, 0.05) is 23.3 Å². The van der Waals surface area contributed by atoms with E-state index in [1.54, 1.807) is 0 Å². The minimum absolute atomic E-state index is 0.265. The van der Waals surface area contributed by atoms with Gasteiger partial charge in [0.2, 0.25) is 0 Å². The summed E-state index contributed by atoms with van der Waals surface area (Å²) in [6.45, 7) is 5.10.